The van der Waals surface area contributed by atoms with Crippen molar-refractivity contribution >= 4 is 5.69 Å². The van der Waals surface area contributed by atoms with Crippen molar-refractivity contribution < 1.29 is 13.2 Å². The van der Waals surface area contributed by atoms with Gasteiger partial charge in [0.2, 0.25) is 0 Å². The first-order valence-electron chi connectivity index (χ1n) is 8.96. The lowest BCUT2D eigenvalue weighted by molar-refractivity contribution is -0.137. The molecule has 5 nitrogen and oxygen atoms in total. The molecule has 8 heteroatoms. The van der Waals surface area contributed by atoms with Crippen LogP contribution >= 0.6 is 0 Å². The van der Waals surface area contributed by atoms with Crippen LogP contribution in [0.15, 0.2) is 42.5 Å². The first kappa shape index (κ1) is 19.9. The summed E-state index contributed by atoms with van der Waals surface area (Å²) in [4.78, 5) is 0. The van der Waals surface area contributed by atoms with Gasteiger partial charge < -0.3 is 5.32 Å². The molecule has 0 amide bonds. The minimum atomic E-state index is -4.40. The number of aryl methyl sites for hydroxylation is 2. The van der Waals surface area contributed by atoms with Gasteiger partial charge in [-0.05, 0) is 66.9 Å². The fraction of sp³-hybridized carbons (Fsp3) is 0.350. The molecule has 1 aromatic heterocycles. The van der Waals surface area contributed by atoms with Crippen LogP contribution in [0, 0.1) is 13.8 Å². The summed E-state index contributed by atoms with van der Waals surface area (Å²) in [5.41, 5.74) is 1.76. The van der Waals surface area contributed by atoms with Gasteiger partial charge >= 0.3 is 6.18 Å². The smallest absolute Gasteiger partial charge is 0.373 e. The number of hydrogen-bond donors (Lipinski definition) is 1. The van der Waals surface area contributed by atoms with Gasteiger partial charge in [0.1, 0.15) is 0 Å². The van der Waals surface area contributed by atoms with E-state index in [4.69, 9.17) is 0 Å². The van der Waals surface area contributed by atoms with Crippen LogP contribution in [0.4, 0.5) is 18.9 Å². The monoisotopic (exact) mass is 389 g/mol. The van der Waals surface area contributed by atoms with Crippen molar-refractivity contribution in [1.29, 1.82) is 0 Å². The van der Waals surface area contributed by atoms with E-state index in [9.17, 15) is 13.2 Å². The van der Waals surface area contributed by atoms with Gasteiger partial charge in [0, 0.05) is 5.69 Å². The Morgan fingerprint density at radius 2 is 1.68 bits per heavy atom. The second kappa shape index (κ2) is 7.26. The van der Waals surface area contributed by atoms with Gasteiger partial charge in [0.25, 0.3) is 0 Å². The largest absolute Gasteiger partial charge is 0.416 e. The van der Waals surface area contributed by atoms with E-state index < -0.39 is 17.3 Å². The van der Waals surface area contributed by atoms with Crippen LogP contribution in [0.5, 0.6) is 0 Å². The van der Waals surface area contributed by atoms with Crippen LogP contribution < -0.4 is 5.32 Å². The van der Waals surface area contributed by atoms with Crippen molar-refractivity contribution in [3.05, 3.63) is 65.0 Å². The Morgan fingerprint density at radius 1 is 1.04 bits per heavy atom. The summed E-state index contributed by atoms with van der Waals surface area (Å²) in [6.45, 7) is 7.75. The van der Waals surface area contributed by atoms with Gasteiger partial charge in [-0.3, -0.25) is 0 Å². The molecule has 0 aliphatic rings. The van der Waals surface area contributed by atoms with Gasteiger partial charge in [-0.2, -0.15) is 17.9 Å². The molecule has 0 fully saturated rings. The zero-order chi connectivity index (χ0) is 20.5. The van der Waals surface area contributed by atoms with Gasteiger partial charge in [-0.1, -0.05) is 31.2 Å². The summed E-state index contributed by atoms with van der Waals surface area (Å²) >= 11 is 0. The van der Waals surface area contributed by atoms with Gasteiger partial charge in [0.15, 0.2) is 5.82 Å². The van der Waals surface area contributed by atoms with Crippen LogP contribution in [0.2, 0.25) is 0 Å². The first-order valence-corrected chi connectivity index (χ1v) is 8.96. The Morgan fingerprint density at radius 3 is 2.29 bits per heavy atom. The molecule has 0 aliphatic heterocycles. The Balaban J connectivity index is 2.04. The van der Waals surface area contributed by atoms with Crippen molar-refractivity contribution in [3.8, 4) is 5.69 Å². The summed E-state index contributed by atoms with van der Waals surface area (Å²) in [6, 6.07) is 11.0. The highest BCUT2D eigenvalue weighted by molar-refractivity contribution is 5.51. The molecule has 0 spiro atoms. The molecule has 0 radical (unpaired) electrons. The molecule has 1 heterocycles. The van der Waals surface area contributed by atoms with Crippen molar-refractivity contribution in [2.24, 2.45) is 0 Å². The van der Waals surface area contributed by atoms with E-state index in [0.717, 1.165) is 28.9 Å². The van der Waals surface area contributed by atoms with E-state index in [2.05, 4.69) is 20.8 Å². The zero-order valence-electron chi connectivity index (χ0n) is 16.2. The lowest BCUT2D eigenvalue weighted by atomic mass is 9.96. The third-order valence-electron chi connectivity index (χ3n) is 4.93. The number of tetrazole rings is 1. The molecular formula is C20H22F3N5. The maximum Gasteiger partial charge on any atom is 0.416 e. The molecule has 2 aromatic carbocycles. The van der Waals surface area contributed by atoms with E-state index in [1.54, 1.807) is 10.7 Å². The van der Waals surface area contributed by atoms with Crippen LogP contribution in [0.25, 0.3) is 5.69 Å². The van der Waals surface area contributed by atoms with Crippen molar-refractivity contribution in [1.82, 2.24) is 20.2 Å². The number of anilines is 1. The number of rotatable bonds is 5. The second-order valence-electron chi connectivity index (χ2n) is 7.04. The van der Waals surface area contributed by atoms with E-state index >= 15 is 0 Å². The van der Waals surface area contributed by atoms with E-state index in [-0.39, 0.29) is 0 Å². The predicted molar refractivity (Wildman–Crippen MR) is 101 cm³/mol. The van der Waals surface area contributed by atoms with Crippen LogP contribution in [0.3, 0.4) is 0 Å². The highest BCUT2D eigenvalue weighted by atomic mass is 19.4. The van der Waals surface area contributed by atoms with Crippen molar-refractivity contribution in [2.75, 3.05) is 5.32 Å². The number of hydrogen-bond acceptors (Lipinski definition) is 4. The highest BCUT2D eigenvalue weighted by Crippen LogP contribution is 2.34. The maximum absolute atomic E-state index is 13.1. The number of para-hydroxylation sites is 1. The summed E-state index contributed by atoms with van der Waals surface area (Å²) in [6.07, 6.45) is -3.84. The lowest BCUT2D eigenvalue weighted by Gasteiger charge is -2.30. The standard InChI is InChI=1S/C20H22F3N5/c1-5-19(4,24-16-11-7-10-15(12-16)20(21,22)23)18-25-26-27-28(18)17-13(2)8-6-9-14(17)3/h6-12,24H,5H2,1-4H3. The average molecular weight is 389 g/mol. The fourth-order valence-electron chi connectivity index (χ4n) is 3.22. The summed E-state index contributed by atoms with van der Waals surface area (Å²) in [5, 5.41) is 15.4. The number of nitrogens with zero attached hydrogens (tertiary/aromatic N) is 4. The number of benzene rings is 2. The fourth-order valence-corrected chi connectivity index (χ4v) is 3.22. The van der Waals surface area contributed by atoms with Gasteiger partial charge in [-0.25, -0.2) is 0 Å². The van der Waals surface area contributed by atoms with Crippen LogP contribution in [-0.2, 0) is 11.7 Å². The van der Waals surface area contributed by atoms with Gasteiger partial charge in [-0.15, -0.1) is 5.10 Å². The number of alkyl halides is 3. The molecule has 3 aromatic rings. The molecule has 1 unspecified atom stereocenters. The maximum atomic E-state index is 13.1. The molecule has 0 bridgehead atoms. The van der Waals surface area contributed by atoms with Crippen LogP contribution in [-0.4, -0.2) is 20.2 Å². The van der Waals surface area contributed by atoms with Gasteiger partial charge in [0.05, 0.1) is 16.8 Å². The Kier molecular flexibility index (Phi) is 5.14. The summed E-state index contributed by atoms with van der Waals surface area (Å²) in [5.74, 6) is 0.532. The zero-order valence-corrected chi connectivity index (χ0v) is 16.2. The molecular weight excluding hydrogens is 367 g/mol. The minimum Gasteiger partial charge on any atom is -0.373 e. The predicted octanol–water partition coefficient (Wildman–Crippen LogP) is 5.04. The third-order valence-corrected chi connectivity index (χ3v) is 4.93. The van der Waals surface area contributed by atoms with E-state index in [0.29, 0.717) is 17.9 Å². The lowest BCUT2D eigenvalue weighted by Crippen LogP contribution is -2.35. The van der Waals surface area contributed by atoms with E-state index in [1.165, 1.54) is 6.07 Å². The van der Waals surface area contributed by atoms with Crippen molar-refractivity contribution in [3.63, 3.8) is 0 Å². The topological polar surface area (TPSA) is 55.6 Å². The molecule has 1 atom stereocenters. The normalized spacial score (nSPS) is 14.0. The van der Waals surface area contributed by atoms with Crippen molar-refractivity contribution in [2.45, 2.75) is 45.8 Å². The number of aromatic nitrogens is 4. The second-order valence-corrected chi connectivity index (χ2v) is 7.04. The molecule has 0 aliphatic carbocycles. The molecule has 0 saturated carbocycles. The van der Waals surface area contributed by atoms with Crippen LogP contribution in [0.1, 0.15) is 42.8 Å². The quantitative estimate of drug-likeness (QED) is 0.665. The Hall–Kier alpha value is -2.90. The molecule has 148 valence electrons. The number of halogens is 3. The first-order chi connectivity index (χ1) is 13.2. The number of nitrogens with one attached hydrogen (secondary N) is 1. The minimum absolute atomic E-state index is 0.357. The third kappa shape index (κ3) is 3.72. The molecule has 1 N–H and O–H groups in total. The highest BCUT2D eigenvalue weighted by Gasteiger charge is 2.34. The summed E-state index contributed by atoms with van der Waals surface area (Å²) < 4.78 is 40.9. The molecule has 3 rings (SSSR count). The SMILES string of the molecule is CCC(C)(Nc1cccc(C(F)(F)F)c1)c1nnnn1-c1c(C)cccc1C. The molecule has 0 saturated heterocycles. The Labute approximate surface area is 161 Å². The average Bonchev–Trinajstić information content (AvgIpc) is 3.11. The Bertz CT molecular complexity index is 960. The molecule has 28 heavy (non-hydrogen) atoms. The van der Waals surface area contributed by atoms with E-state index in [1.807, 2.05) is 45.9 Å². The summed E-state index contributed by atoms with van der Waals surface area (Å²) in [7, 11) is 0.